The van der Waals surface area contributed by atoms with Crippen LogP contribution in [0.1, 0.15) is 23.6 Å². The Morgan fingerprint density at radius 1 is 1.00 bits per heavy atom. The Kier molecular flexibility index (Phi) is 6.08. The average molecular weight is 375 g/mol. The normalized spacial score (nSPS) is 11.3. The minimum absolute atomic E-state index is 0.231. The van der Waals surface area contributed by atoms with E-state index in [1.165, 1.54) is 4.31 Å². The minimum Gasteiger partial charge on any atom is -0.311 e. The molecule has 0 unspecified atom stereocenters. The van der Waals surface area contributed by atoms with E-state index < -0.39 is 10.0 Å². The average Bonchev–Trinajstić information content (AvgIpc) is 2.55. The van der Waals surface area contributed by atoms with Gasteiger partial charge in [-0.2, -0.15) is 0 Å². The molecule has 0 saturated heterocycles. The zero-order valence-electron chi connectivity index (χ0n) is 16.0. The second kappa shape index (κ2) is 7.91. The fourth-order valence-corrected chi connectivity index (χ4v) is 3.78. The van der Waals surface area contributed by atoms with Crippen molar-refractivity contribution in [3.05, 3.63) is 59.2 Å². The Hall–Kier alpha value is -2.34. The molecule has 0 saturated carbocycles. The summed E-state index contributed by atoms with van der Waals surface area (Å²) in [5.74, 6) is -0.260. The summed E-state index contributed by atoms with van der Waals surface area (Å²) in [6, 6.07) is 13.2. The fraction of sp³-hybridized carbons (Fsp3) is 0.350. The Morgan fingerprint density at radius 3 is 2.23 bits per heavy atom. The number of carbonyl (C=O) groups is 1. The number of hydrogen-bond acceptors (Lipinski definition) is 3. The Balaban J connectivity index is 2.39. The molecule has 2 aromatic rings. The highest BCUT2D eigenvalue weighted by molar-refractivity contribution is 7.92. The van der Waals surface area contributed by atoms with Crippen LogP contribution in [0.2, 0.25) is 0 Å². The SMILES string of the molecule is CCN(C(=O)CN(c1cc(C)ccc1C)S(C)(=O)=O)c1cccc(C)c1. The predicted molar refractivity (Wildman–Crippen MR) is 107 cm³/mol. The van der Waals surface area contributed by atoms with E-state index in [4.69, 9.17) is 0 Å². The highest BCUT2D eigenvalue weighted by atomic mass is 32.2. The molecular formula is C20H26N2O3S. The lowest BCUT2D eigenvalue weighted by Crippen LogP contribution is -2.43. The third kappa shape index (κ3) is 4.64. The lowest BCUT2D eigenvalue weighted by Gasteiger charge is -2.28. The van der Waals surface area contributed by atoms with Crippen LogP contribution in [0.5, 0.6) is 0 Å². The van der Waals surface area contributed by atoms with E-state index in [1.807, 2.05) is 64.1 Å². The third-order valence-electron chi connectivity index (χ3n) is 4.24. The van der Waals surface area contributed by atoms with E-state index in [0.29, 0.717) is 12.2 Å². The molecular weight excluding hydrogens is 348 g/mol. The van der Waals surface area contributed by atoms with Crippen molar-refractivity contribution in [2.24, 2.45) is 0 Å². The van der Waals surface area contributed by atoms with Gasteiger partial charge in [-0.15, -0.1) is 0 Å². The van der Waals surface area contributed by atoms with Gasteiger partial charge in [-0.25, -0.2) is 8.42 Å². The van der Waals surface area contributed by atoms with E-state index in [1.54, 1.807) is 11.0 Å². The number of likely N-dealkylation sites (N-methyl/N-ethyl adjacent to an activating group) is 1. The van der Waals surface area contributed by atoms with E-state index >= 15 is 0 Å². The summed E-state index contributed by atoms with van der Waals surface area (Å²) in [5.41, 5.74) is 4.11. The molecule has 6 heteroatoms. The van der Waals surface area contributed by atoms with Crippen LogP contribution in [0.3, 0.4) is 0 Å². The summed E-state index contributed by atoms with van der Waals surface area (Å²) in [5, 5.41) is 0. The maximum Gasteiger partial charge on any atom is 0.247 e. The molecule has 5 nitrogen and oxygen atoms in total. The molecule has 0 aromatic heterocycles. The molecule has 2 aromatic carbocycles. The van der Waals surface area contributed by atoms with Gasteiger partial charge in [0.05, 0.1) is 11.9 Å². The van der Waals surface area contributed by atoms with Gasteiger partial charge in [-0.1, -0.05) is 24.3 Å². The summed E-state index contributed by atoms with van der Waals surface area (Å²) >= 11 is 0. The highest BCUT2D eigenvalue weighted by Crippen LogP contribution is 2.25. The van der Waals surface area contributed by atoms with Crippen LogP contribution in [-0.4, -0.2) is 33.7 Å². The van der Waals surface area contributed by atoms with Crippen LogP contribution in [-0.2, 0) is 14.8 Å². The zero-order valence-corrected chi connectivity index (χ0v) is 16.8. The molecule has 0 aliphatic heterocycles. The van der Waals surface area contributed by atoms with Gasteiger partial charge < -0.3 is 4.90 Å². The second-order valence-corrected chi connectivity index (χ2v) is 8.44. The van der Waals surface area contributed by atoms with Gasteiger partial charge in [0.1, 0.15) is 6.54 Å². The number of amides is 1. The van der Waals surface area contributed by atoms with Gasteiger partial charge in [0, 0.05) is 12.2 Å². The number of benzene rings is 2. The molecule has 2 rings (SSSR count). The van der Waals surface area contributed by atoms with E-state index in [9.17, 15) is 13.2 Å². The van der Waals surface area contributed by atoms with E-state index in [0.717, 1.165) is 28.6 Å². The first-order chi connectivity index (χ1) is 12.1. The third-order valence-corrected chi connectivity index (χ3v) is 5.37. The van der Waals surface area contributed by atoms with Crippen LogP contribution in [0.15, 0.2) is 42.5 Å². The minimum atomic E-state index is -3.60. The molecule has 0 bridgehead atoms. The summed E-state index contributed by atoms with van der Waals surface area (Å²) in [6.45, 7) is 7.81. The summed E-state index contributed by atoms with van der Waals surface area (Å²) < 4.78 is 26.0. The second-order valence-electron chi connectivity index (χ2n) is 6.54. The molecule has 0 fully saturated rings. The molecule has 0 atom stereocenters. The van der Waals surface area contributed by atoms with Crippen molar-refractivity contribution in [2.75, 3.05) is 28.6 Å². The monoisotopic (exact) mass is 374 g/mol. The van der Waals surface area contributed by atoms with Gasteiger partial charge in [0.2, 0.25) is 15.9 Å². The first-order valence-corrected chi connectivity index (χ1v) is 10.4. The quantitative estimate of drug-likeness (QED) is 0.778. The summed E-state index contributed by atoms with van der Waals surface area (Å²) in [6.07, 6.45) is 1.13. The van der Waals surface area contributed by atoms with Gasteiger partial charge in [0.15, 0.2) is 0 Å². The largest absolute Gasteiger partial charge is 0.311 e. The Morgan fingerprint density at radius 2 is 1.65 bits per heavy atom. The molecule has 0 heterocycles. The van der Waals surface area contributed by atoms with Crippen LogP contribution in [0.4, 0.5) is 11.4 Å². The van der Waals surface area contributed by atoms with Crippen molar-refractivity contribution in [3.63, 3.8) is 0 Å². The van der Waals surface area contributed by atoms with Gasteiger partial charge >= 0.3 is 0 Å². The molecule has 0 radical (unpaired) electrons. The first kappa shape index (κ1) is 20.0. The van der Waals surface area contributed by atoms with Gasteiger partial charge in [-0.3, -0.25) is 9.10 Å². The van der Waals surface area contributed by atoms with Crippen LogP contribution in [0, 0.1) is 20.8 Å². The maximum atomic E-state index is 12.9. The van der Waals surface area contributed by atoms with E-state index in [-0.39, 0.29) is 12.5 Å². The molecule has 0 aliphatic rings. The van der Waals surface area contributed by atoms with Gasteiger partial charge in [0.25, 0.3) is 0 Å². The topological polar surface area (TPSA) is 57.7 Å². The van der Waals surface area contributed by atoms with Crippen molar-refractivity contribution in [1.29, 1.82) is 0 Å². The van der Waals surface area contributed by atoms with Crippen molar-refractivity contribution in [3.8, 4) is 0 Å². The van der Waals surface area contributed by atoms with Crippen molar-refractivity contribution < 1.29 is 13.2 Å². The fourth-order valence-electron chi connectivity index (χ4n) is 2.88. The van der Waals surface area contributed by atoms with Gasteiger partial charge in [-0.05, 0) is 62.6 Å². The standard InChI is InChI=1S/C20H26N2O3S/c1-6-21(18-9-7-8-15(2)12-18)20(23)14-22(26(5,24)25)19-13-16(3)10-11-17(19)4/h7-13H,6,14H2,1-5H3. The Bertz CT molecular complexity index is 907. The summed E-state index contributed by atoms with van der Waals surface area (Å²) in [4.78, 5) is 14.5. The van der Waals surface area contributed by atoms with Crippen LogP contribution in [0.25, 0.3) is 0 Å². The van der Waals surface area contributed by atoms with Crippen LogP contribution >= 0.6 is 0 Å². The number of rotatable bonds is 6. The van der Waals surface area contributed by atoms with Crippen molar-refractivity contribution >= 4 is 27.3 Å². The number of anilines is 2. The highest BCUT2D eigenvalue weighted by Gasteiger charge is 2.25. The predicted octanol–water partition coefficient (Wildman–Crippen LogP) is 3.43. The lowest BCUT2D eigenvalue weighted by molar-refractivity contribution is -0.117. The van der Waals surface area contributed by atoms with Crippen molar-refractivity contribution in [1.82, 2.24) is 0 Å². The first-order valence-electron chi connectivity index (χ1n) is 8.55. The number of carbonyl (C=O) groups excluding carboxylic acids is 1. The van der Waals surface area contributed by atoms with E-state index in [2.05, 4.69) is 0 Å². The lowest BCUT2D eigenvalue weighted by atomic mass is 10.1. The smallest absolute Gasteiger partial charge is 0.247 e. The number of aryl methyl sites for hydroxylation is 3. The molecule has 0 N–H and O–H groups in total. The zero-order chi connectivity index (χ0) is 19.5. The Labute approximate surface area is 156 Å². The molecule has 0 aliphatic carbocycles. The van der Waals surface area contributed by atoms with Crippen LogP contribution < -0.4 is 9.21 Å². The number of sulfonamides is 1. The molecule has 26 heavy (non-hydrogen) atoms. The van der Waals surface area contributed by atoms with Crippen molar-refractivity contribution in [2.45, 2.75) is 27.7 Å². The molecule has 0 spiro atoms. The molecule has 140 valence electrons. The number of hydrogen-bond donors (Lipinski definition) is 0. The summed E-state index contributed by atoms with van der Waals surface area (Å²) in [7, 11) is -3.60. The maximum absolute atomic E-state index is 12.9. The molecule has 1 amide bonds. The number of nitrogens with zero attached hydrogens (tertiary/aromatic N) is 2.